The highest BCUT2D eigenvalue weighted by molar-refractivity contribution is 7.15. The maximum absolute atomic E-state index is 12.5. The third-order valence-corrected chi connectivity index (χ3v) is 5.80. The van der Waals surface area contributed by atoms with Gasteiger partial charge in [0.2, 0.25) is 10.9 Å². The fourth-order valence-electron chi connectivity index (χ4n) is 3.41. The second kappa shape index (κ2) is 9.41. The van der Waals surface area contributed by atoms with Gasteiger partial charge in [-0.25, -0.2) is 4.52 Å². The summed E-state index contributed by atoms with van der Waals surface area (Å²) in [6.45, 7) is 7.50. The van der Waals surface area contributed by atoms with E-state index in [1.165, 1.54) is 18.3 Å². The summed E-state index contributed by atoms with van der Waals surface area (Å²) in [5, 5.41) is 11.8. The van der Waals surface area contributed by atoms with Gasteiger partial charge in [0.25, 0.3) is 11.9 Å². The second-order valence-electron chi connectivity index (χ2n) is 8.04. The Kier molecular flexibility index (Phi) is 6.41. The standard InChI is InChI=1S/C24H25N5O3S/c1-14(2)19-10-5-15(3)11-21(19)32-12-22(31)26-23-27-24-29(28-23)20(13-33-24)17-6-8-18(9-7-17)25-16(4)30/h5-11,13-14H,12H2,1-4H3,(H,25,30)(H,26,28,31). The maximum Gasteiger partial charge on any atom is 0.264 e. The van der Waals surface area contributed by atoms with Crippen molar-refractivity contribution < 1.29 is 14.3 Å². The van der Waals surface area contributed by atoms with Gasteiger partial charge < -0.3 is 10.1 Å². The van der Waals surface area contributed by atoms with Crippen LogP contribution in [0.15, 0.2) is 47.8 Å². The van der Waals surface area contributed by atoms with Crippen molar-refractivity contribution in [2.24, 2.45) is 0 Å². The van der Waals surface area contributed by atoms with Crippen LogP contribution in [0.4, 0.5) is 11.6 Å². The van der Waals surface area contributed by atoms with Crippen LogP contribution in [-0.2, 0) is 9.59 Å². The van der Waals surface area contributed by atoms with Crippen LogP contribution in [0.25, 0.3) is 16.2 Å². The van der Waals surface area contributed by atoms with E-state index in [2.05, 4.69) is 34.6 Å². The summed E-state index contributed by atoms with van der Waals surface area (Å²) in [4.78, 5) is 28.7. The van der Waals surface area contributed by atoms with E-state index in [-0.39, 0.29) is 30.3 Å². The first kappa shape index (κ1) is 22.5. The zero-order valence-electron chi connectivity index (χ0n) is 18.9. The van der Waals surface area contributed by atoms with E-state index in [4.69, 9.17) is 4.74 Å². The predicted molar refractivity (Wildman–Crippen MR) is 130 cm³/mol. The summed E-state index contributed by atoms with van der Waals surface area (Å²) in [6.07, 6.45) is 0. The number of aryl methyl sites for hydroxylation is 1. The van der Waals surface area contributed by atoms with Gasteiger partial charge >= 0.3 is 0 Å². The Morgan fingerprint density at radius 2 is 1.88 bits per heavy atom. The minimum atomic E-state index is -0.328. The molecule has 0 aliphatic heterocycles. The molecule has 0 bridgehead atoms. The van der Waals surface area contributed by atoms with Gasteiger partial charge in [-0.05, 0) is 42.2 Å². The molecule has 4 aromatic rings. The van der Waals surface area contributed by atoms with Crippen LogP contribution in [-0.4, -0.2) is 33.0 Å². The number of carbonyl (C=O) groups excluding carboxylic acids is 2. The lowest BCUT2D eigenvalue weighted by molar-refractivity contribution is -0.118. The van der Waals surface area contributed by atoms with Crippen LogP contribution in [0.1, 0.15) is 37.8 Å². The van der Waals surface area contributed by atoms with E-state index in [9.17, 15) is 9.59 Å². The summed E-state index contributed by atoms with van der Waals surface area (Å²) in [5.41, 5.74) is 4.61. The predicted octanol–water partition coefficient (Wildman–Crippen LogP) is 4.87. The average Bonchev–Trinajstić information content (AvgIpc) is 3.32. The highest BCUT2D eigenvalue weighted by atomic mass is 32.1. The van der Waals surface area contributed by atoms with E-state index in [0.717, 1.165) is 28.1 Å². The molecule has 0 saturated carbocycles. The van der Waals surface area contributed by atoms with Crippen LogP contribution in [0.2, 0.25) is 0 Å². The molecule has 8 nitrogen and oxygen atoms in total. The van der Waals surface area contributed by atoms with Crippen molar-refractivity contribution in [3.05, 3.63) is 59.0 Å². The monoisotopic (exact) mass is 463 g/mol. The first-order valence-corrected chi connectivity index (χ1v) is 11.4. The molecule has 170 valence electrons. The van der Waals surface area contributed by atoms with Gasteiger partial charge in [0.1, 0.15) is 5.75 Å². The molecule has 2 aromatic carbocycles. The third-order valence-electron chi connectivity index (χ3n) is 4.98. The number of aromatic nitrogens is 3. The molecule has 2 aromatic heterocycles. The molecule has 0 atom stereocenters. The lowest BCUT2D eigenvalue weighted by Gasteiger charge is -2.14. The largest absolute Gasteiger partial charge is 0.483 e. The number of hydrogen-bond acceptors (Lipinski definition) is 6. The van der Waals surface area contributed by atoms with Crippen LogP contribution < -0.4 is 15.4 Å². The number of nitrogens with zero attached hydrogens (tertiary/aromatic N) is 3. The summed E-state index contributed by atoms with van der Waals surface area (Å²) in [5.74, 6) is 0.773. The van der Waals surface area contributed by atoms with Crippen LogP contribution in [0.3, 0.4) is 0 Å². The Labute approximate surface area is 195 Å². The Balaban J connectivity index is 1.45. The molecular formula is C24H25N5O3S. The number of rotatable bonds is 7. The highest BCUT2D eigenvalue weighted by Gasteiger charge is 2.15. The van der Waals surface area contributed by atoms with Crippen LogP contribution in [0.5, 0.6) is 5.75 Å². The van der Waals surface area contributed by atoms with Crippen molar-refractivity contribution in [3.63, 3.8) is 0 Å². The molecule has 0 unspecified atom stereocenters. The van der Waals surface area contributed by atoms with Gasteiger partial charge in [-0.2, -0.15) is 4.98 Å². The van der Waals surface area contributed by atoms with E-state index in [0.29, 0.717) is 10.7 Å². The van der Waals surface area contributed by atoms with Gasteiger partial charge in [-0.3, -0.25) is 14.9 Å². The van der Waals surface area contributed by atoms with Crippen molar-refractivity contribution in [2.75, 3.05) is 17.2 Å². The minimum absolute atomic E-state index is 0.121. The lowest BCUT2D eigenvalue weighted by atomic mass is 10.0. The summed E-state index contributed by atoms with van der Waals surface area (Å²) >= 11 is 1.43. The zero-order valence-corrected chi connectivity index (χ0v) is 19.7. The number of nitrogens with one attached hydrogen (secondary N) is 2. The summed E-state index contributed by atoms with van der Waals surface area (Å²) in [7, 11) is 0. The van der Waals surface area contributed by atoms with Crippen molar-refractivity contribution in [3.8, 4) is 17.0 Å². The normalized spacial score (nSPS) is 11.1. The SMILES string of the molecule is CC(=O)Nc1ccc(-c2csc3nc(NC(=O)COc4cc(C)ccc4C(C)C)nn23)cc1. The molecule has 0 saturated heterocycles. The number of hydrogen-bond donors (Lipinski definition) is 2. The number of carbonyl (C=O) groups is 2. The number of fused-ring (bicyclic) bond motifs is 1. The van der Waals surface area contributed by atoms with Crippen LogP contribution >= 0.6 is 11.3 Å². The molecule has 0 aliphatic rings. The summed E-state index contributed by atoms with van der Waals surface area (Å²) in [6, 6.07) is 13.5. The fourth-order valence-corrected chi connectivity index (χ4v) is 4.24. The van der Waals surface area contributed by atoms with Crippen molar-refractivity contribution in [1.82, 2.24) is 14.6 Å². The Hall–Kier alpha value is -3.72. The topological polar surface area (TPSA) is 97.6 Å². The molecule has 2 N–H and O–H groups in total. The number of ether oxygens (including phenoxy) is 1. The summed E-state index contributed by atoms with van der Waals surface area (Å²) < 4.78 is 7.49. The average molecular weight is 464 g/mol. The number of benzene rings is 2. The van der Waals surface area contributed by atoms with Crippen molar-refractivity contribution in [1.29, 1.82) is 0 Å². The zero-order chi connectivity index (χ0) is 23.5. The highest BCUT2D eigenvalue weighted by Crippen LogP contribution is 2.28. The molecule has 0 radical (unpaired) electrons. The van der Waals surface area contributed by atoms with Crippen molar-refractivity contribution in [2.45, 2.75) is 33.6 Å². The molecule has 9 heteroatoms. The number of amides is 2. The Morgan fingerprint density at radius 1 is 1.12 bits per heavy atom. The molecule has 2 heterocycles. The first-order valence-electron chi connectivity index (χ1n) is 10.6. The maximum atomic E-state index is 12.5. The van der Waals surface area contributed by atoms with Crippen LogP contribution in [0, 0.1) is 6.92 Å². The number of thiazole rings is 1. The smallest absolute Gasteiger partial charge is 0.264 e. The third kappa shape index (κ3) is 5.20. The molecule has 0 aliphatic carbocycles. The molecule has 0 fully saturated rings. The number of anilines is 2. The quantitative estimate of drug-likeness (QED) is 0.408. The van der Waals surface area contributed by atoms with Gasteiger partial charge in [0, 0.05) is 23.6 Å². The Bertz CT molecular complexity index is 1310. The molecular weight excluding hydrogens is 438 g/mol. The van der Waals surface area contributed by atoms with Gasteiger partial charge in [-0.15, -0.1) is 16.4 Å². The van der Waals surface area contributed by atoms with E-state index >= 15 is 0 Å². The van der Waals surface area contributed by atoms with Crippen molar-refractivity contribution >= 4 is 39.7 Å². The Morgan fingerprint density at radius 3 is 2.58 bits per heavy atom. The van der Waals surface area contributed by atoms with E-state index in [1.807, 2.05) is 54.8 Å². The van der Waals surface area contributed by atoms with Gasteiger partial charge in [0.15, 0.2) is 6.61 Å². The molecule has 4 rings (SSSR count). The second-order valence-corrected chi connectivity index (χ2v) is 8.88. The van der Waals surface area contributed by atoms with Gasteiger partial charge in [-0.1, -0.05) is 38.1 Å². The molecule has 2 amide bonds. The van der Waals surface area contributed by atoms with E-state index in [1.54, 1.807) is 4.52 Å². The molecule has 33 heavy (non-hydrogen) atoms. The van der Waals surface area contributed by atoms with Gasteiger partial charge in [0.05, 0.1) is 5.69 Å². The first-order chi connectivity index (χ1) is 15.8. The lowest BCUT2D eigenvalue weighted by Crippen LogP contribution is -2.21. The fraction of sp³-hybridized carbons (Fsp3) is 0.250. The van der Waals surface area contributed by atoms with E-state index < -0.39 is 0 Å². The molecule has 0 spiro atoms. The minimum Gasteiger partial charge on any atom is -0.483 e.